The van der Waals surface area contributed by atoms with Crippen molar-refractivity contribution >= 4 is 0 Å². The second-order valence-corrected chi connectivity index (χ2v) is 5.17. The summed E-state index contributed by atoms with van der Waals surface area (Å²) < 4.78 is 0. The molecule has 0 bridgehead atoms. The van der Waals surface area contributed by atoms with E-state index in [0.717, 1.165) is 0 Å². The Morgan fingerprint density at radius 3 is 2.79 bits per heavy atom. The maximum Gasteiger partial charge on any atom is 0.0196 e. The molecular weight excluding hydrogens is 168 g/mol. The number of rotatable bonds is 0. The molecule has 0 heterocycles. The largest absolute Gasteiger partial charge is 0.0836 e. The average Bonchev–Trinajstić information content (AvgIpc) is 2.31. The van der Waals surface area contributed by atoms with Crippen molar-refractivity contribution in [2.75, 3.05) is 0 Å². The molecule has 0 spiro atoms. The van der Waals surface area contributed by atoms with Crippen LogP contribution in [-0.4, -0.2) is 0 Å². The molecule has 0 aromatic carbocycles. The molecule has 0 amide bonds. The summed E-state index contributed by atoms with van der Waals surface area (Å²) in [5.74, 6) is 0. The van der Waals surface area contributed by atoms with E-state index in [2.05, 4.69) is 50.3 Å². The molecule has 0 nitrogen and oxygen atoms in total. The minimum atomic E-state index is 0.325. The highest BCUT2D eigenvalue weighted by Crippen LogP contribution is 2.67. The number of allylic oxidation sites excluding steroid dienone is 8. The molecule has 3 aliphatic rings. The van der Waals surface area contributed by atoms with Crippen molar-refractivity contribution in [2.45, 2.75) is 26.7 Å². The van der Waals surface area contributed by atoms with Gasteiger partial charge in [0, 0.05) is 5.41 Å². The summed E-state index contributed by atoms with van der Waals surface area (Å²) in [4.78, 5) is 0. The van der Waals surface area contributed by atoms with Gasteiger partial charge in [0.2, 0.25) is 0 Å². The van der Waals surface area contributed by atoms with Gasteiger partial charge in [0.25, 0.3) is 0 Å². The van der Waals surface area contributed by atoms with Gasteiger partial charge in [-0.15, -0.1) is 0 Å². The standard InChI is InChI=1S/C14H16/c1-13-9-5-8-11-6-3-4-7-12(10-13)14(11,13)2/h3-8H,9-10H2,1-2H3. The fraction of sp³-hybridized carbons (Fsp3) is 0.429. The Bertz CT molecular complexity index is 406. The van der Waals surface area contributed by atoms with E-state index < -0.39 is 0 Å². The van der Waals surface area contributed by atoms with Gasteiger partial charge in [-0.1, -0.05) is 55.9 Å². The van der Waals surface area contributed by atoms with Crippen LogP contribution in [0.15, 0.2) is 47.6 Å². The van der Waals surface area contributed by atoms with E-state index in [-0.39, 0.29) is 0 Å². The summed E-state index contributed by atoms with van der Waals surface area (Å²) in [7, 11) is 0. The molecule has 1 fully saturated rings. The van der Waals surface area contributed by atoms with Crippen molar-refractivity contribution in [1.29, 1.82) is 0 Å². The summed E-state index contributed by atoms with van der Waals surface area (Å²) in [6.07, 6.45) is 16.1. The highest BCUT2D eigenvalue weighted by atomic mass is 14.6. The lowest BCUT2D eigenvalue weighted by Crippen LogP contribution is -2.51. The van der Waals surface area contributed by atoms with Gasteiger partial charge < -0.3 is 0 Å². The summed E-state index contributed by atoms with van der Waals surface area (Å²) in [6.45, 7) is 4.83. The van der Waals surface area contributed by atoms with Gasteiger partial charge in [-0.3, -0.25) is 0 Å². The summed E-state index contributed by atoms with van der Waals surface area (Å²) in [5.41, 5.74) is 3.92. The van der Waals surface area contributed by atoms with Gasteiger partial charge in [0.05, 0.1) is 0 Å². The van der Waals surface area contributed by atoms with Gasteiger partial charge in [0.15, 0.2) is 0 Å². The zero-order valence-corrected chi connectivity index (χ0v) is 8.88. The normalized spacial score (nSPS) is 43.3. The first kappa shape index (κ1) is 8.28. The van der Waals surface area contributed by atoms with Crippen LogP contribution in [0.2, 0.25) is 0 Å². The molecule has 0 radical (unpaired) electrons. The molecule has 0 aromatic rings. The first-order chi connectivity index (χ1) is 6.67. The molecule has 14 heavy (non-hydrogen) atoms. The van der Waals surface area contributed by atoms with E-state index in [0.29, 0.717) is 10.8 Å². The molecule has 3 rings (SSSR count). The molecular formula is C14H16. The summed E-state index contributed by atoms with van der Waals surface area (Å²) >= 11 is 0. The van der Waals surface area contributed by atoms with E-state index >= 15 is 0 Å². The SMILES string of the molecule is CC12CC=CC3=CC=CC=C(C1)C32C. The van der Waals surface area contributed by atoms with Gasteiger partial charge in [-0.25, -0.2) is 0 Å². The van der Waals surface area contributed by atoms with Crippen LogP contribution in [0.5, 0.6) is 0 Å². The minimum absolute atomic E-state index is 0.325. The van der Waals surface area contributed by atoms with E-state index in [9.17, 15) is 0 Å². The van der Waals surface area contributed by atoms with Crippen molar-refractivity contribution in [3.63, 3.8) is 0 Å². The van der Waals surface area contributed by atoms with Crippen LogP contribution in [0.4, 0.5) is 0 Å². The van der Waals surface area contributed by atoms with Crippen LogP contribution in [-0.2, 0) is 0 Å². The second kappa shape index (κ2) is 2.31. The Morgan fingerprint density at radius 2 is 1.93 bits per heavy atom. The van der Waals surface area contributed by atoms with Crippen LogP contribution in [0.25, 0.3) is 0 Å². The first-order valence-corrected chi connectivity index (χ1v) is 5.42. The minimum Gasteiger partial charge on any atom is -0.0836 e. The third kappa shape index (κ3) is 0.716. The summed E-state index contributed by atoms with van der Waals surface area (Å²) in [6, 6.07) is 0. The van der Waals surface area contributed by atoms with Crippen molar-refractivity contribution in [3.8, 4) is 0 Å². The Labute approximate surface area is 85.7 Å². The fourth-order valence-electron chi connectivity index (χ4n) is 3.26. The van der Waals surface area contributed by atoms with Crippen LogP contribution in [0, 0.1) is 10.8 Å². The third-order valence-corrected chi connectivity index (χ3v) is 4.56. The molecule has 0 saturated heterocycles. The predicted octanol–water partition coefficient (Wildman–Crippen LogP) is 3.79. The highest BCUT2D eigenvalue weighted by Gasteiger charge is 2.57. The van der Waals surface area contributed by atoms with Crippen molar-refractivity contribution in [3.05, 3.63) is 47.6 Å². The Kier molecular flexibility index (Phi) is 1.36. The van der Waals surface area contributed by atoms with Crippen LogP contribution in [0.1, 0.15) is 26.7 Å². The van der Waals surface area contributed by atoms with Crippen LogP contribution >= 0.6 is 0 Å². The zero-order chi connectivity index (χ0) is 9.81. The van der Waals surface area contributed by atoms with Gasteiger partial charge in [-0.2, -0.15) is 0 Å². The predicted molar refractivity (Wildman–Crippen MR) is 59.9 cm³/mol. The lowest BCUT2D eigenvalue weighted by molar-refractivity contribution is 0.0602. The molecule has 2 atom stereocenters. The van der Waals surface area contributed by atoms with Crippen LogP contribution in [0.3, 0.4) is 0 Å². The van der Waals surface area contributed by atoms with E-state index in [1.165, 1.54) is 18.4 Å². The maximum atomic E-state index is 2.42. The topological polar surface area (TPSA) is 0 Å². The Balaban J connectivity index is 2.24. The molecule has 72 valence electrons. The smallest absolute Gasteiger partial charge is 0.0196 e. The van der Waals surface area contributed by atoms with E-state index in [1.807, 2.05) is 0 Å². The molecule has 0 N–H and O–H groups in total. The van der Waals surface area contributed by atoms with Gasteiger partial charge >= 0.3 is 0 Å². The monoisotopic (exact) mass is 184 g/mol. The average molecular weight is 184 g/mol. The molecule has 0 aromatic heterocycles. The third-order valence-electron chi connectivity index (χ3n) is 4.56. The first-order valence-electron chi connectivity index (χ1n) is 5.42. The van der Waals surface area contributed by atoms with Crippen molar-refractivity contribution in [2.24, 2.45) is 10.8 Å². The Hall–Kier alpha value is -1.04. The van der Waals surface area contributed by atoms with Crippen molar-refractivity contribution in [1.82, 2.24) is 0 Å². The fourth-order valence-corrected chi connectivity index (χ4v) is 3.26. The molecule has 2 unspecified atom stereocenters. The lowest BCUT2D eigenvalue weighted by atomic mass is 9.43. The van der Waals surface area contributed by atoms with Crippen molar-refractivity contribution < 1.29 is 0 Å². The van der Waals surface area contributed by atoms with Gasteiger partial charge in [-0.05, 0) is 23.8 Å². The molecule has 0 aliphatic heterocycles. The maximum absolute atomic E-state index is 2.42. The molecule has 1 saturated carbocycles. The second-order valence-electron chi connectivity index (χ2n) is 5.17. The van der Waals surface area contributed by atoms with E-state index in [4.69, 9.17) is 0 Å². The van der Waals surface area contributed by atoms with Crippen LogP contribution < -0.4 is 0 Å². The summed E-state index contributed by atoms with van der Waals surface area (Å²) in [5, 5.41) is 0. The number of hydrogen-bond acceptors (Lipinski definition) is 0. The molecule has 0 heteroatoms. The Morgan fingerprint density at radius 1 is 1.14 bits per heavy atom. The molecule has 3 aliphatic carbocycles. The zero-order valence-electron chi connectivity index (χ0n) is 8.88. The van der Waals surface area contributed by atoms with Gasteiger partial charge in [0.1, 0.15) is 0 Å². The highest BCUT2D eigenvalue weighted by molar-refractivity contribution is 5.52. The lowest BCUT2D eigenvalue weighted by Gasteiger charge is -2.60. The number of hydrogen-bond donors (Lipinski definition) is 0. The quantitative estimate of drug-likeness (QED) is 0.537. The van der Waals surface area contributed by atoms with E-state index in [1.54, 1.807) is 5.57 Å².